The quantitative estimate of drug-likeness (QED) is 0.680. The van der Waals surface area contributed by atoms with E-state index in [9.17, 15) is 0 Å². The van der Waals surface area contributed by atoms with Crippen LogP contribution in [-0.2, 0) is 10.3 Å². The van der Waals surface area contributed by atoms with Crippen molar-refractivity contribution in [2.24, 2.45) is 0 Å². The van der Waals surface area contributed by atoms with Gasteiger partial charge in [0, 0.05) is 7.11 Å². The second-order valence-corrected chi connectivity index (χ2v) is 4.06. The van der Waals surface area contributed by atoms with E-state index in [1.165, 1.54) is 5.56 Å². The van der Waals surface area contributed by atoms with Crippen molar-refractivity contribution < 1.29 is 4.74 Å². The van der Waals surface area contributed by atoms with Crippen molar-refractivity contribution >= 4 is 0 Å². The lowest BCUT2D eigenvalue weighted by molar-refractivity contribution is -0.0307. The van der Waals surface area contributed by atoms with Crippen LogP contribution in [0.4, 0.5) is 0 Å². The first-order valence-electron chi connectivity index (χ1n) is 5.89. The van der Waals surface area contributed by atoms with Crippen molar-refractivity contribution in [1.29, 1.82) is 0 Å². The zero-order valence-electron chi connectivity index (χ0n) is 10.1. The molecule has 0 bridgehead atoms. The summed E-state index contributed by atoms with van der Waals surface area (Å²) >= 11 is 0. The van der Waals surface area contributed by atoms with Crippen molar-refractivity contribution in [1.82, 2.24) is 0 Å². The van der Waals surface area contributed by atoms with Gasteiger partial charge in [0.2, 0.25) is 0 Å². The van der Waals surface area contributed by atoms with Gasteiger partial charge in [-0.2, -0.15) is 0 Å². The SMILES string of the molecule is CCCC(CCC)(OC)c1ccccc1. The van der Waals surface area contributed by atoms with Crippen LogP contribution in [0.2, 0.25) is 0 Å². The molecular formula is C14H22O. The highest BCUT2D eigenvalue weighted by molar-refractivity contribution is 5.22. The predicted octanol–water partition coefficient (Wildman–Crippen LogP) is 4.13. The van der Waals surface area contributed by atoms with E-state index >= 15 is 0 Å². The molecule has 0 unspecified atom stereocenters. The van der Waals surface area contributed by atoms with Gasteiger partial charge < -0.3 is 4.74 Å². The van der Waals surface area contributed by atoms with Crippen LogP contribution in [0.5, 0.6) is 0 Å². The highest BCUT2D eigenvalue weighted by atomic mass is 16.5. The molecule has 0 spiro atoms. The Morgan fingerprint density at radius 2 is 1.53 bits per heavy atom. The summed E-state index contributed by atoms with van der Waals surface area (Å²) in [5.74, 6) is 0. The Morgan fingerprint density at radius 1 is 1.00 bits per heavy atom. The molecule has 0 saturated heterocycles. The van der Waals surface area contributed by atoms with Crippen LogP contribution < -0.4 is 0 Å². The van der Waals surface area contributed by atoms with E-state index in [1.807, 2.05) is 7.11 Å². The van der Waals surface area contributed by atoms with Crippen LogP contribution in [0.15, 0.2) is 30.3 Å². The van der Waals surface area contributed by atoms with Crippen LogP contribution in [0.3, 0.4) is 0 Å². The third kappa shape index (κ3) is 2.82. The highest BCUT2D eigenvalue weighted by Crippen LogP contribution is 2.34. The molecule has 84 valence electrons. The van der Waals surface area contributed by atoms with E-state index in [0.29, 0.717) is 0 Å². The van der Waals surface area contributed by atoms with Crippen molar-refractivity contribution in [3.05, 3.63) is 35.9 Å². The number of hydrogen-bond acceptors (Lipinski definition) is 1. The van der Waals surface area contributed by atoms with Gasteiger partial charge in [-0.1, -0.05) is 57.0 Å². The fraction of sp³-hybridized carbons (Fsp3) is 0.571. The molecule has 0 saturated carbocycles. The van der Waals surface area contributed by atoms with Gasteiger partial charge in [0.1, 0.15) is 0 Å². The van der Waals surface area contributed by atoms with Crippen molar-refractivity contribution in [3.8, 4) is 0 Å². The molecule has 1 nitrogen and oxygen atoms in total. The molecule has 1 aromatic carbocycles. The minimum atomic E-state index is -0.0647. The van der Waals surface area contributed by atoms with Crippen LogP contribution in [0.1, 0.15) is 45.1 Å². The molecular weight excluding hydrogens is 184 g/mol. The largest absolute Gasteiger partial charge is 0.374 e. The Labute approximate surface area is 93.5 Å². The Hall–Kier alpha value is -0.820. The second-order valence-electron chi connectivity index (χ2n) is 4.06. The van der Waals surface area contributed by atoms with Crippen LogP contribution >= 0.6 is 0 Å². The summed E-state index contributed by atoms with van der Waals surface area (Å²) in [6.07, 6.45) is 4.51. The lowest BCUT2D eigenvalue weighted by Crippen LogP contribution is -2.28. The first kappa shape index (κ1) is 12.3. The maximum absolute atomic E-state index is 5.80. The molecule has 0 aliphatic rings. The first-order valence-corrected chi connectivity index (χ1v) is 5.89. The fourth-order valence-corrected chi connectivity index (χ4v) is 2.29. The monoisotopic (exact) mass is 206 g/mol. The van der Waals surface area contributed by atoms with Gasteiger partial charge in [-0.05, 0) is 18.4 Å². The van der Waals surface area contributed by atoms with Crippen LogP contribution in [-0.4, -0.2) is 7.11 Å². The third-order valence-corrected chi connectivity index (χ3v) is 3.00. The van der Waals surface area contributed by atoms with Gasteiger partial charge in [0.25, 0.3) is 0 Å². The van der Waals surface area contributed by atoms with Crippen LogP contribution in [0.25, 0.3) is 0 Å². The van der Waals surface area contributed by atoms with Gasteiger partial charge in [0.05, 0.1) is 5.60 Å². The lowest BCUT2D eigenvalue weighted by Gasteiger charge is -2.32. The van der Waals surface area contributed by atoms with E-state index in [1.54, 1.807) is 0 Å². The zero-order chi connectivity index (χ0) is 11.1. The number of rotatable bonds is 6. The van der Waals surface area contributed by atoms with E-state index in [0.717, 1.165) is 25.7 Å². The predicted molar refractivity (Wildman–Crippen MR) is 64.9 cm³/mol. The maximum atomic E-state index is 5.80. The van der Waals surface area contributed by atoms with Crippen LogP contribution in [0, 0.1) is 0 Å². The highest BCUT2D eigenvalue weighted by Gasteiger charge is 2.29. The lowest BCUT2D eigenvalue weighted by atomic mass is 9.85. The summed E-state index contributed by atoms with van der Waals surface area (Å²) in [5.41, 5.74) is 1.25. The van der Waals surface area contributed by atoms with Crippen molar-refractivity contribution in [3.63, 3.8) is 0 Å². The van der Waals surface area contributed by atoms with Crippen molar-refractivity contribution in [2.75, 3.05) is 7.11 Å². The number of ether oxygens (including phenoxy) is 1. The molecule has 1 heteroatoms. The average Bonchev–Trinajstić information content (AvgIpc) is 2.30. The normalized spacial score (nSPS) is 11.7. The standard InChI is InChI=1S/C14H22O/c1-4-11-14(15-3,12-5-2)13-9-7-6-8-10-13/h6-10H,4-5,11-12H2,1-3H3. The molecule has 1 rings (SSSR count). The minimum Gasteiger partial charge on any atom is -0.374 e. The molecule has 0 N–H and O–H groups in total. The molecule has 0 amide bonds. The number of hydrogen-bond donors (Lipinski definition) is 0. The van der Waals surface area contributed by atoms with E-state index in [-0.39, 0.29) is 5.60 Å². The molecule has 0 aromatic heterocycles. The van der Waals surface area contributed by atoms with E-state index in [4.69, 9.17) is 4.74 Å². The topological polar surface area (TPSA) is 9.23 Å². The minimum absolute atomic E-state index is 0.0647. The third-order valence-electron chi connectivity index (χ3n) is 3.00. The van der Waals surface area contributed by atoms with E-state index in [2.05, 4.69) is 44.2 Å². The van der Waals surface area contributed by atoms with Gasteiger partial charge in [0.15, 0.2) is 0 Å². The first-order chi connectivity index (χ1) is 7.29. The summed E-state index contributed by atoms with van der Waals surface area (Å²) in [4.78, 5) is 0. The van der Waals surface area contributed by atoms with E-state index < -0.39 is 0 Å². The van der Waals surface area contributed by atoms with Gasteiger partial charge in [-0.25, -0.2) is 0 Å². The Morgan fingerprint density at radius 3 is 1.93 bits per heavy atom. The molecule has 0 aliphatic carbocycles. The zero-order valence-corrected chi connectivity index (χ0v) is 10.1. The number of benzene rings is 1. The number of methoxy groups -OCH3 is 1. The molecule has 0 fully saturated rings. The molecule has 0 radical (unpaired) electrons. The summed E-state index contributed by atoms with van der Waals surface area (Å²) in [6.45, 7) is 4.43. The molecule has 0 heterocycles. The smallest absolute Gasteiger partial charge is 0.0927 e. The van der Waals surface area contributed by atoms with Gasteiger partial charge >= 0.3 is 0 Å². The molecule has 15 heavy (non-hydrogen) atoms. The van der Waals surface area contributed by atoms with Gasteiger partial charge in [-0.15, -0.1) is 0 Å². The maximum Gasteiger partial charge on any atom is 0.0927 e. The summed E-state index contributed by atoms with van der Waals surface area (Å²) < 4.78 is 5.80. The Kier molecular flexibility index (Phi) is 4.83. The average molecular weight is 206 g/mol. The summed E-state index contributed by atoms with van der Waals surface area (Å²) in [5, 5.41) is 0. The Balaban J connectivity index is 2.97. The molecule has 0 atom stereocenters. The van der Waals surface area contributed by atoms with Crippen molar-refractivity contribution in [2.45, 2.75) is 45.1 Å². The fourth-order valence-electron chi connectivity index (χ4n) is 2.29. The summed E-state index contributed by atoms with van der Waals surface area (Å²) in [6, 6.07) is 10.6. The molecule has 0 aliphatic heterocycles. The summed E-state index contributed by atoms with van der Waals surface area (Å²) in [7, 11) is 1.83. The van der Waals surface area contributed by atoms with Gasteiger partial charge in [-0.3, -0.25) is 0 Å². The Bertz CT molecular complexity index is 260. The molecule has 1 aromatic rings. The second kappa shape index (κ2) is 5.92.